The second-order valence-electron chi connectivity index (χ2n) is 5.27. The highest BCUT2D eigenvalue weighted by Crippen LogP contribution is 2.29. The van der Waals surface area contributed by atoms with Gasteiger partial charge in [-0.1, -0.05) is 0 Å². The lowest BCUT2D eigenvalue weighted by molar-refractivity contribution is 0.0596. The van der Waals surface area contributed by atoms with Gasteiger partial charge in [-0.3, -0.25) is 4.79 Å². The molecule has 126 valence electrons. The molecule has 0 atom stereocenters. The molecule has 7 heteroatoms. The number of nitrogens with zero attached hydrogens (tertiary/aromatic N) is 2. The Morgan fingerprint density at radius 1 is 0.913 bits per heavy atom. The van der Waals surface area contributed by atoms with Crippen molar-refractivity contribution in [1.29, 1.82) is 0 Å². The van der Waals surface area contributed by atoms with E-state index in [-0.39, 0.29) is 12.0 Å². The number of methoxy groups -OCH3 is 3. The maximum absolute atomic E-state index is 12.8. The van der Waals surface area contributed by atoms with E-state index in [1.54, 1.807) is 29.0 Å². The Morgan fingerprint density at radius 2 is 1.48 bits per heavy atom. The number of hydrogen-bond donors (Lipinski definition) is 0. The van der Waals surface area contributed by atoms with Crippen LogP contribution < -0.4 is 9.47 Å². The fourth-order valence-electron chi connectivity index (χ4n) is 2.61. The summed E-state index contributed by atoms with van der Waals surface area (Å²) in [5.41, 5.74) is 1.36. The summed E-state index contributed by atoms with van der Waals surface area (Å²) in [4.78, 5) is 27.5. The second-order valence-corrected chi connectivity index (χ2v) is 5.27. The van der Waals surface area contributed by atoms with Crippen molar-refractivity contribution in [2.24, 2.45) is 0 Å². The van der Waals surface area contributed by atoms with Gasteiger partial charge in [0.1, 0.15) is 11.5 Å². The minimum Gasteiger partial charge on any atom is -0.496 e. The lowest BCUT2D eigenvalue weighted by Crippen LogP contribution is -2.50. The third-order valence-electron chi connectivity index (χ3n) is 3.95. The van der Waals surface area contributed by atoms with E-state index in [2.05, 4.69) is 0 Å². The first kappa shape index (κ1) is 16.9. The van der Waals surface area contributed by atoms with E-state index in [1.165, 1.54) is 14.2 Å². The van der Waals surface area contributed by atoms with Crippen molar-refractivity contribution < 1.29 is 23.8 Å². The standard InChI is InChI=1S/C16H22N2O5/c1-11-9-14(22-3)12(10-13(11)21-2)15(19)17-5-7-18(8-6-17)16(20)23-4/h9-10H,5-8H2,1-4H3. The van der Waals surface area contributed by atoms with Crippen LogP contribution in [0.25, 0.3) is 0 Å². The van der Waals surface area contributed by atoms with Crippen LogP contribution in [0.15, 0.2) is 12.1 Å². The second kappa shape index (κ2) is 7.21. The number of carbonyl (C=O) groups excluding carboxylic acids is 2. The van der Waals surface area contributed by atoms with Crippen molar-refractivity contribution in [1.82, 2.24) is 9.80 Å². The zero-order chi connectivity index (χ0) is 17.0. The van der Waals surface area contributed by atoms with Gasteiger partial charge in [-0.25, -0.2) is 4.79 Å². The molecule has 2 rings (SSSR count). The van der Waals surface area contributed by atoms with Gasteiger partial charge in [-0.2, -0.15) is 0 Å². The highest BCUT2D eigenvalue weighted by Gasteiger charge is 2.27. The van der Waals surface area contributed by atoms with Crippen molar-refractivity contribution in [2.75, 3.05) is 47.5 Å². The fourth-order valence-corrected chi connectivity index (χ4v) is 2.61. The molecule has 23 heavy (non-hydrogen) atoms. The summed E-state index contributed by atoms with van der Waals surface area (Å²) in [6.07, 6.45) is -0.369. The SMILES string of the molecule is COC(=O)N1CCN(C(=O)c2cc(OC)c(C)cc2OC)CC1. The van der Waals surface area contributed by atoms with Crippen LogP contribution in [0.1, 0.15) is 15.9 Å². The fraction of sp³-hybridized carbons (Fsp3) is 0.500. The van der Waals surface area contributed by atoms with Gasteiger partial charge in [-0.05, 0) is 24.6 Å². The minimum atomic E-state index is -0.369. The summed E-state index contributed by atoms with van der Waals surface area (Å²) in [7, 11) is 4.45. The molecule has 0 unspecified atom stereocenters. The number of hydrogen-bond acceptors (Lipinski definition) is 5. The summed E-state index contributed by atoms with van der Waals surface area (Å²) >= 11 is 0. The predicted octanol–water partition coefficient (Wildman–Crippen LogP) is 1.54. The molecule has 1 saturated heterocycles. The van der Waals surface area contributed by atoms with Crippen molar-refractivity contribution in [2.45, 2.75) is 6.92 Å². The summed E-state index contributed by atoms with van der Waals surface area (Å²) in [5.74, 6) is 1.02. The Balaban J connectivity index is 2.17. The quantitative estimate of drug-likeness (QED) is 0.844. The molecule has 0 saturated carbocycles. The smallest absolute Gasteiger partial charge is 0.409 e. The van der Waals surface area contributed by atoms with Gasteiger partial charge in [0.25, 0.3) is 5.91 Å². The number of rotatable bonds is 3. The van der Waals surface area contributed by atoms with Gasteiger partial charge in [-0.15, -0.1) is 0 Å². The van der Waals surface area contributed by atoms with Crippen LogP contribution in [0.3, 0.4) is 0 Å². The van der Waals surface area contributed by atoms with Crippen LogP contribution in [-0.4, -0.2) is 69.3 Å². The van der Waals surface area contributed by atoms with Crippen molar-refractivity contribution >= 4 is 12.0 Å². The Morgan fingerprint density at radius 3 is 2.00 bits per heavy atom. The average molecular weight is 322 g/mol. The van der Waals surface area contributed by atoms with Gasteiger partial charge in [0, 0.05) is 26.2 Å². The molecular formula is C16H22N2O5. The Hall–Kier alpha value is -2.44. The predicted molar refractivity (Wildman–Crippen MR) is 84.2 cm³/mol. The van der Waals surface area contributed by atoms with Gasteiger partial charge < -0.3 is 24.0 Å². The number of carbonyl (C=O) groups is 2. The van der Waals surface area contributed by atoms with Crippen molar-refractivity contribution in [3.63, 3.8) is 0 Å². The topological polar surface area (TPSA) is 68.3 Å². The molecule has 1 fully saturated rings. The Bertz CT molecular complexity index is 594. The molecule has 0 spiro atoms. The molecule has 0 radical (unpaired) electrons. The summed E-state index contributed by atoms with van der Waals surface area (Å²) in [5, 5.41) is 0. The Kier molecular flexibility index (Phi) is 5.31. The lowest BCUT2D eigenvalue weighted by atomic mass is 10.1. The zero-order valence-corrected chi connectivity index (χ0v) is 13.9. The molecule has 1 aliphatic rings. The molecule has 2 amide bonds. The highest BCUT2D eigenvalue weighted by molar-refractivity contribution is 5.97. The maximum atomic E-state index is 12.8. The van der Waals surface area contributed by atoms with E-state index in [9.17, 15) is 9.59 Å². The number of amides is 2. The van der Waals surface area contributed by atoms with Crippen molar-refractivity contribution in [3.8, 4) is 11.5 Å². The highest BCUT2D eigenvalue weighted by atomic mass is 16.5. The van der Waals surface area contributed by atoms with Crippen LogP contribution in [-0.2, 0) is 4.74 Å². The molecule has 0 aromatic heterocycles. The normalized spacial score (nSPS) is 14.4. The number of piperazine rings is 1. The molecule has 1 aromatic rings. The first-order valence-corrected chi connectivity index (χ1v) is 7.36. The average Bonchev–Trinajstić information content (AvgIpc) is 2.60. The van der Waals surface area contributed by atoms with Crippen LogP contribution in [0, 0.1) is 6.92 Å². The summed E-state index contributed by atoms with van der Waals surface area (Å²) in [6.45, 7) is 3.69. The number of aryl methyl sites for hydroxylation is 1. The van der Waals surface area contributed by atoms with Crippen LogP contribution in [0.5, 0.6) is 11.5 Å². The van der Waals surface area contributed by atoms with Gasteiger partial charge in [0.15, 0.2) is 0 Å². The first-order chi connectivity index (χ1) is 11.0. The third kappa shape index (κ3) is 3.49. The van der Waals surface area contributed by atoms with Crippen LogP contribution in [0.4, 0.5) is 4.79 Å². The van der Waals surface area contributed by atoms with Crippen LogP contribution >= 0.6 is 0 Å². The Labute approximate surface area is 135 Å². The zero-order valence-electron chi connectivity index (χ0n) is 13.9. The molecule has 1 heterocycles. The minimum absolute atomic E-state index is 0.135. The largest absolute Gasteiger partial charge is 0.496 e. The van der Waals surface area contributed by atoms with Gasteiger partial charge >= 0.3 is 6.09 Å². The van der Waals surface area contributed by atoms with E-state index in [0.717, 1.165) is 5.56 Å². The van der Waals surface area contributed by atoms with E-state index in [4.69, 9.17) is 14.2 Å². The van der Waals surface area contributed by atoms with E-state index in [0.29, 0.717) is 43.2 Å². The van der Waals surface area contributed by atoms with E-state index >= 15 is 0 Å². The van der Waals surface area contributed by atoms with E-state index in [1.807, 2.05) is 6.92 Å². The summed E-state index contributed by atoms with van der Waals surface area (Å²) in [6, 6.07) is 3.49. The molecule has 0 aliphatic carbocycles. The number of ether oxygens (including phenoxy) is 3. The molecule has 7 nitrogen and oxygen atoms in total. The van der Waals surface area contributed by atoms with Crippen molar-refractivity contribution in [3.05, 3.63) is 23.3 Å². The van der Waals surface area contributed by atoms with Gasteiger partial charge in [0.05, 0.1) is 26.9 Å². The maximum Gasteiger partial charge on any atom is 0.409 e. The molecule has 1 aromatic carbocycles. The first-order valence-electron chi connectivity index (χ1n) is 7.36. The summed E-state index contributed by atoms with van der Waals surface area (Å²) < 4.78 is 15.3. The van der Waals surface area contributed by atoms with Crippen LogP contribution in [0.2, 0.25) is 0 Å². The van der Waals surface area contributed by atoms with E-state index < -0.39 is 0 Å². The molecule has 0 N–H and O–H groups in total. The molecule has 0 bridgehead atoms. The van der Waals surface area contributed by atoms with Gasteiger partial charge in [0.2, 0.25) is 0 Å². The molecular weight excluding hydrogens is 300 g/mol. The monoisotopic (exact) mass is 322 g/mol. The lowest BCUT2D eigenvalue weighted by Gasteiger charge is -2.34. The third-order valence-corrected chi connectivity index (χ3v) is 3.95. The molecule has 1 aliphatic heterocycles. The number of benzene rings is 1.